The maximum Gasteiger partial charge on any atom is 0.259 e. The molecule has 0 radical (unpaired) electrons. The van der Waals surface area contributed by atoms with E-state index in [1.54, 1.807) is 0 Å². The van der Waals surface area contributed by atoms with Crippen LogP contribution in [0.2, 0.25) is 0 Å². The lowest BCUT2D eigenvalue weighted by Gasteiger charge is -2.23. The number of ether oxygens (including phenoxy) is 1. The van der Waals surface area contributed by atoms with Crippen LogP contribution in [-0.2, 0) is 11.3 Å². The highest BCUT2D eigenvalue weighted by atomic mass is 32.1. The van der Waals surface area contributed by atoms with Gasteiger partial charge >= 0.3 is 0 Å². The zero-order valence-electron chi connectivity index (χ0n) is 13.3. The number of thiocarbonyl (C=S) groups is 1. The van der Waals surface area contributed by atoms with Crippen molar-refractivity contribution < 1.29 is 9.84 Å². The van der Waals surface area contributed by atoms with E-state index < -0.39 is 0 Å². The van der Waals surface area contributed by atoms with Gasteiger partial charge in [0.05, 0.1) is 0 Å². The van der Waals surface area contributed by atoms with Crippen LogP contribution < -0.4 is 0 Å². The van der Waals surface area contributed by atoms with Gasteiger partial charge in [0.25, 0.3) is 5.17 Å². The predicted molar refractivity (Wildman–Crippen MR) is 87.4 cm³/mol. The number of hydrogen-bond acceptors (Lipinski definition) is 3. The van der Waals surface area contributed by atoms with Gasteiger partial charge in [-0.05, 0) is 81.6 Å². The molecule has 0 aliphatic rings. The van der Waals surface area contributed by atoms with Crippen molar-refractivity contribution in [2.24, 2.45) is 0 Å². The van der Waals surface area contributed by atoms with Gasteiger partial charge in [0, 0.05) is 13.1 Å². The normalized spacial score (nSPS) is 10.5. The van der Waals surface area contributed by atoms with Crippen molar-refractivity contribution >= 4 is 17.4 Å². The first-order valence-corrected chi connectivity index (χ1v) is 7.45. The molecule has 1 rings (SSSR count). The fourth-order valence-corrected chi connectivity index (χ4v) is 2.61. The Balaban J connectivity index is 2.97. The molecule has 0 spiro atoms. The number of nitrogens with zero attached hydrogens (tertiary/aromatic N) is 1. The number of hydrogen-bond donors (Lipinski definition) is 1. The summed E-state index contributed by atoms with van der Waals surface area (Å²) >= 11 is 5.31. The second-order valence-electron chi connectivity index (χ2n) is 5.05. The van der Waals surface area contributed by atoms with Gasteiger partial charge in [0.1, 0.15) is 12.4 Å². The Morgan fingerprint density at radius 3 is 1.85 bits per heavy atom. The Morgan fingerprint density at radius 1 is 1.00 bits per heavy atom. The Hall–Kier alpha value is -1.29. The molecule has 0 unspecified atom stereocenters. The van der Waals surface area contributed by atoms with Crippen LogP contribution in [0.4, 0.5) is 0 Å². The minimum atomic E-state index is 0.384. The molecule has 0 saturated heterocycles. The zero-order valence-corrected chi connectivity index (χ0v) is 14.1. The fourth-order valence-electron chi connectivity index (χ4n) is 2.29. The van der Waals surface area contributed by atoms with Crippen LogP contribution in [0.25, 0.3) is 0 Å². The topological polar surface area (TPSA) is 32.7 Å². The van der Waals surface area contributed by atoms with E-state index in [0.29, 0.717) is 17.5 Å². The highest BCUT2D eigenvalue weighted by molar-refractivity contribution is 7.80. The predicted octanol–water partition coefficient (Wildman–Crippen LogP) is 3.77. The van der Waals surface area contributed by atoms with Gasteiger partial charge in [-0.2, -0.15) is 0 Å². The summed E-state index contributed by atoms with van der Waals surface area (Å²) in [5, 5.41) is 10.6. The minimum absolute atomic E-state index is 0.384. The largest absolute Gasteiger partial charge is 0.507 e. The third kappa shape index (κ3) is 3.23. The molecule has 0 fully saturated rings. The standard InChI is InChI=1S/C16H25NO2S/c1-7-17(8-2)16(20)19-9-14-10(3)12(5)15(18)13(6)11(14)4/h18H,7-9H2,1-6H3. The molecule has 112 valence electrons. The molecule has 0 atom stereocenters. The molecule has 3 nitrogen and oxygen atoms in total. The zero-order chi connectivity index (χ0) is 15.4. The molecule has 0 aromatic heterocycles. The molecular weight excluding hydrogens is 270 g/mol. The van der Waals surface area contributed by atoms with Crippen molar-refractivity contribution in [3.63, 3.8) is 0 Å². The minimum Gasteiger partial charge on any atom is -0.507 e. The highest BCUT2D eigenvalue weighted by Gasteiger charge is 2.15. The lowest BCUT2D eigenvalue weighted by Crippen LogP contribution is -2.30. The summed E-state index contributed by atoms with van der Waals surface area (Å²) in [6.07, 6.45) is 0. The first kappa shape index (κ1) is 16.8. The van der Waals surface area contributed by atoms with Crippen LogP contribution >= 0.6 is 12.2 Å². The molecule has 0 aliphatic carbocycles. The summed E-state index contributed by atoms with van der Waals surface area (Å²) in [6, 6.07) is 0. The van der Waals surface area contributed by atoms with E-state index in [0.717, 1.165) is 40.9 Å². The van der Waals surface area contributed by atoms with Crippen molar-refractivity contribution in [2.45, 2.75) is 48.1 Å². The van der Waals surface area contributed by atoms with E-state index >= 15 is 0 Å². The van der Waals surface area contributed by atoms with Crippen molar-refractivity contribution in [1.29, 1.82) is 0 Å². The van der Waals surface area contributed by atoms with E-state index in [1.165, 1.54) is 0 Å². The maximum atomic E-state index is 10.1. The van der Waals surface area contributed by atoms with Crippen LogP contribution in [-0.4, -0.2) is 28.3 Å². The SMILES string of the molecule is CCN(CC)C(=S)OCc1c(C)c(C)c(O)c(C)c1C. The first-order valence-electron chi connectivity index (χ1n) is 7.04. The van der Waals surface area contributed by atoms with Gasteiger partial charge in [-0.25, -0.2) is 0 Å². The quantitative estimate of drug-likeness (QED) is 0.857. The smallest absolute Gasteiger partial charge is 0.259 e. The number of rotatable bonds is 4. The molecule has 20 heavy (non-hydrogen) atoms. The van der Waals surface area contributed by atoms with Gasteiger partial charge in [-0.3, -0.25) is 0 Å². The van der Waals surface area contributed by atoms with Crippen molar-refractivity contribution in [3.05, 3.63) is 27.8 Å². The Morgan fingerprint density at radius 2 is 1.45 bits per heavy atom. The molecular formula is C16H25NO2S. The lowest BCUT2D eigenvalue weighted by molar-refractivity contribution is 0.237. The maximum absolute atomic E-state index is 10.1. The monoisotopic (exact) mass is 295 g/mol. The van der Waals surface area contributed by atoms with Gasteiger partial charge in [0.2, 0.25) is 0 Å². The van der Waals surface area contributed by atoms with Gasteiger partial charge < -0.3 is 14.7 Å². The van der Waals surface area contributed by atoms with Crippen LogP contribution in [0.15, 0.2) is 0 Å². The van der Waals surface area contributed by atoms with E-state index in [9.17, 15) is 5.11 Å². The average Bonchev–Trinajstić information content (AvgIpc) is 2.44. The number of benzene rings is 1. The fraction of sp³-hybridized carbons (Fsp3) is 0.562. The Bertz CT molecular complexity index is 479. The third-order valence-corrected chi connectivity index (χ3v) is 4.48. The average molecular weight is 295 g/mol. The molecule has 1 N–H and O–H groups in total. The first-order chi connectivity index (χ1) is 9.34. The van der Waals surface area contributed by atoms with Crippen molar-refractivity contribution in [1.82, 2.24) is 4.90 Å². The van der Waals surface area contributed by atoms with Crippen molar-refractivity contribution in [2.75, 3.05) is 13.1 Å². The second-order valence-corrected chi connectivity index (χ2v) is 5.40. The van der Waals surface area contributed by atoms with Gasteiger partial charge in [-0.15, -0.1) is 0 Å². The summed E-state index contributed by atoms with van der Waals surface area (Å²) in [7, 11) is 0. The molecule has 0 amide bonds. The summed E-state index contributed by atoms with van der Waals surface area (Å²) in [4.78, 5) is 2.01. The highest BCUT2D eigenvalue weighted by Crippen LogP contribution is 2.31. The summed E-state index contributed by atoms with van der Waals surface area (Å²) in [5.41, 5.74) is 5.11. The van der Waals surface area contributed by atoms with Gasteiger partial charge in [0.15, 0.2) is 0 Å². The van der Waals surface area contributed by atoms with E-state index in [2.05, 4.69) is 13.8 Å². The van der Waals surface area contributed by atoms with E-state index in [1.807, 2.05) is 32.6 Å². The third-order valence-electron chi connectivity index (χ3n) is 4.10. The molecule has 1 aromatic carbocycles. The van der Waals surface area contributed by atoms with Crippen molar-refractivity contribution in [3.8, 4) is 5.75 Å². The summed E-state index contributed by atoms with van der Waals surface area (Å²) in [5.74, 6) is 0.384. The molecule has 0 heterocycles. The summed E-state index contributed by atoms with van der Waals surface area (Å²) in [6.45, 7) is 14.2. The molecule has 0 saturated carbocycles. The lowest BCUT2D eigenvalue weighted by atomic mass is 9.93. The van der Waals surface area contributed by atoms with Gasteiger partial charge in [-0.1, -0.05) is 0 Å². The summed E-state index contributed by atoms with van der Waals surface area (Å²) < 4.78 is 5.76. The van der Waals surface area contributed by atoms with E-state index in [4.69, 9.17) is 17.0 Å². The van der Waals surface area contributed by atoms with Crippen LogP contribution in [0.1, 0.15) is 41.7 Å². The molecule has 1 aromatic rings. The van der Waals surface area contributed by atoms with Crippen LogP contribution in [0, 0.1) is 27.7 Å². The number of phenolic OH excluding ortho intramolecular Hbond substituents is 1. The molecule has 0 aliphatic heterocycles. The number of aromatic hydroxyl groups is 1. The van der Waals surface area contributed by atoms with Crippen LogP contribution in [0.5, 0.6) is 5.75 Å². The Labute approximate surface area is 127 Å². The molecule has 4 heteroatoms. The Kier molecular flexibility index (Phi) is 5.81. The van der Waals surface area contributed by atoms with E-state index in [-0.39, 0.29) is 0 Å². The second kappa shape index (κ2) is 6.93. The molecule has 0 bridgehead atoms. The van der Waals surface area contributed by atoms with Crippen LogP contribution in [0.3, 0.4) is 0 Å². The number of phenols is 1.